The van der Waals surface area contributed by atoms with Crippen LogP contribution in [0.2, 0.25) is 0 Å². The van der Waals surface area contributed by atoms with Gasteiger partial charge in [0.25, 0.3) is 0 Å². The lowest BCUT2D eigenvalue weighted by Gasteiger charge is -2.35. The summed E-state index contributed by atoms with van der Waals surface area (Å²) in [5, 5.41) is 4.07. The Hall–Kier alpha value is -0.0400. The second-order valence-corrected chi connectivity index (χ2v) is 6.86. The van der Waals surface area contributed by atoms with Gasteiger partial charge < -0.3 is 5.32 Å². The molecule has 0 aliphatic heterocycles. The van der Waals surface area contributed by atoms with E-state index in [1.165, 1.54) is 57.8 Å². The third-order valence-corrected chi connectivity index (χ3v) is 5.82. The Balaban J connectivity index is 1.54. The number of fused-ring (bicyclic) bond motifs is 2. The fourth-order valence-electron chi connectivity index (χ4n) is 4.85. The number of hydrogen-bond donors (Lipinski definition) is 1. The molecule has 0 heterocycles. The van der Waals surface area contributed by atoms with E-state index in [1.807, 2.05) is 0 Å². The molecule has 0 radical (unpaired) electrons. The molecule has 3 aliphatic carbocycles. The SMILES string of the molecule is CCC(NC1CC2CCC1C2)C1CCCCC1. The van der Waals surface area contributed by atoms with Gasteiger partial charge in [0.1, 0.15) is 0 Å². The summed E-state index contributed by atoms with van der Waals surface area (Å²) in [5.41, 5.74) is 0. The van der Waals surface area contributed by atoms with E-state index in [4.69, 9.17) is 0 Å². The molecule has 2 bridgehead atoms. The van der Waals surface area contributed by atoms with Crippen molar-refractivity contribution in [2.75, 3.05) is 0 Å². The first-order valence-electron chi connectivity index (χ1n) is 8.13. The summed E-state index contributed by atoms with van der Waals surface area (Å²) in [6, 6.07) is 1.72. The summed E-state index contributed by atoms with van der Waals surface area (Å²) >= 11 is 0. The number of nitrogens with one attached hydrogen (secondary N) is 1. The van der Waals surface area contributed by atoms with Gasteiger partial charge in [-0.1, -0.05) is 32.6 Å². The van der Waals surface area contributed by atoms with Crippen LogP contribution in [0.3, 0.4) is 0 Å². The molecule has 0 spiro atoms. The highest BCUT2D eigenvalue weighted by molar-refractivity contribution is 4.96. The van der Waals surface area contributed by atoms with Gasteiger partial charge >= 0.3 is 0 Å². The molecule has 17 heavy (non-hydrogen) atoms. The fourth-order valence-corrected chi connectivity index (χ4v) is 4.85. The standard InChI is InChI=1S/C16H29N/c1-2-15(13-6-4-3-5-7-13)17-16-11-12-8-9-14(16)10-12/h12-17H,2-11H2,1H3. The van der Waals surface area contributed by atoms with E-state index >= 15 is 0 Å². The van der Waals surface area contributed by atoms with Gasteiger partial charge in [-0.3, -0.25) is 0 Å². The Kier molecular flexibility index (Phi) is 3.75. The maximum atomic E-state index is 4.07. The first-order chi connectivity index (χ1) is 8.36. The zero-order valence-corrected chi connectivity index (χ0v) is 11.5. The quantitative estimate of drug-likeness (QED) is 0.773. The summed E-state index contributed by atoms with van der Waals surface area (Å²) in [5.74, 6) is 3.12. The van der Waals surface area contributed by atoms with Crippen LogP contribution < -0.4 is 5.32 Å². The van der Waals surface area contributed by atoms with Crippen LogP contribution in [-0.4, -0.2) is 12.1 Å². The lowest BCUT2D eigenvalue weighted by Crippen LogP contribution is -2.45. The number of hydrogen-bond acceptors (Lipinski definition) is 1. The van der Waals surface area contributed by atoms with Crippen LogP contribution in [0.25, 0.3) is 0 Å². The van der Waals surface area contributed by atoms with Crippen molar-refractivity contribution in [1.29, 1.82) is 0 Å². The van der Waals surface area contributed by atoms with E-state index < -0.39 is 0 Å². The minimum atomic E-state index is 0.833. The molecule has 1 N–H and O–H groups in total. The van der Waals surface area contributed by atoms with E-state index in [1.54, 1.807) is 6.42 Å². The topological polar surface area (TPSA) is 12.0 Å². The second kappa shape index (κ2) is 5.30. The molecule has 1 nitrogen and oxygen atoms in total. The molecule has 3 aliphatic rings. The molecule has 3 rings (SSSR count). The predicted molar refractivity (Wildman–Crippen MR) is 73.0 cm³/mol. The molecular formula is C16H29N. The van der Waals surface area contributed by atoms with Crippen LogP contribution in [0.4, 0.5) is 0 Å². The molecule has 0 saturated heterocycles. The van der Waals surface area contributed by atoms with Gasteiger partial charge in [-0.2, -0.15) is 0 Å². The van der Waals surface area contributed by atoms with Crippen molar-refractivity contribution >= 4 is 0 Å². The third-order valence-electron chi connectivity index (χ3n) is 5.82. The normalized spacial score (nSPS) is 39.7. The van der Waals surface area contributed by atoms with Crippen LogP contribution in [-0.2, 0) is 0 Å². The minimum Gasteiger partial charge on any atom is -0.311 e. The smallest absolute Gasteiger partial charge is 0.0101 e. The maximum absolute atomic E-state index is 4.07. The summed E-state index contributed by atoms with van der Waals surface area (Å²) in [7, 11) is 0. The van der Waals surface area contributed by atoms with Crippen LogP contribution in [0, 0.1) is 17.8 Å². The Bertz CT molecular complexity index is 244. The first-order valence-corrected chi connectivity index (χ1v) is 8.13. The molecular weight excluding hydrogens is 206 g/mol. The Morgan fingerprint density at radius 1 is 1.00 bits per heavy atom. The molecule has 0 aromatic carbocycles. The van der Waals surface area contributed by atoms with Crippen molar-refractivity contribution < 1.29 is 0 Å². The lowest BCUT2D eigenvalue weighted by atomic mass is 9.82. The average molecular weight is 235 g/mol. The average Bonchev–Trinajstić information content (AvgIpc) is 2.99. The van der Waals surface area contributed by atoms with Crippen molar-refractivity contribution in [3.8, 4) is 0 Å². The fraction of sp³-hybridized carbons (Fsp3) is 1.00. The Labute approximate surface area is 107 Å². The van der Waals surface area contributed by atoms with E-state index in [0.717, 1.165) is 29.8 Å². The van der Waals surface area contributed by atoms with Gasteiger partial charge in [0.15, 0.2) is 0 Å². The second-order valence-electron chi connectivity index (χ2n) is 6.86. The van der Waals surface area contributed by atoms with Gasteiger partial charge in [0.05, 0.1) is 0 Å². The molecule has 4 unspecified atom stereocenters. The summed E-state index contributed by atoms with van der Waals surface area (Å²) < 4.78 is 0. The summed E-state index contributed by atoms with van der Waals surface area (Å²) in [4.78, 5) is 0. The maximum Gasteiger partial charge on any atom is 0.0101 e. The van der Waals surface area contributed by atoms with E-state index in [-0.39, 0.29) is 0 Å². The highest BCUT2D eigenvalue weighted by Crippen LogP contribution is 2.45. The van der Waals surface area contributed by atoms with Gasteiger partial charge in [-0.15, -0.1) is 0 Å². The van der Waals surface area contributed by atoms with Gasteiger partial charge in [-0.05, 0) is 56.3 Å². The highest BCUT2D eigenvalue weighted by Gasteiger charge is 2.40. The molecule has 0 amide bonds. The summed E-state index contributed by atoms with van der Waals surface area (Å²) in [6.07, 6.45) is 14.9. The van der Waals surface area contributed by atoms with E-state index in [2.05, 4.69) is 12.2 Å². The zero-order valence-electron chi connectivity index (χ0n) is 11.5. The predicted octanol–water partition coefficient (Wildman–Crippen LogP) is 4.12. The monoisotopic (exact) mass is 235 g/mol. The Morgan fingerprint density at radius 2 is 1.82 bits per heavy atom. The van der Waals surface area contributed by atoms with Gasteiger partial charge in [0.2, 0.25) is 0 Å². The molecule has 3 fully saturated rings. The van der Waals surface area contributed by atoms with Gasteiger partial charge in [0, 0.05) is 12.1 Å². The van der Waals surface area contributed by atoms with Gasteiger partial charge in [-0.25, -0.2) is 0 Å². The molecule has 0 aromatic rings. The van der Waals surface area contributed by atoms with Crippen molar-refractivity contribution in [3.63, 3.8) is 0 Å². The van der Waals surface area contributed by atoms with Crippen molar-refractivity contribution in [2.24, 2.45) is 17.8 Å². The van der Waals surface area contributed by atoms with E-state index in [0.29, 0.717) is 0 Å². The van der Waals surface area contributed by atoms with Crippen molar-refractivity contribution in [3.05, 3.63) is 0 Å². The van der Waals surface area contributed by atoms with Crippen LogP contribution in [0.1, 0.15) is 71.1 Å². The number of rotatable bonds is 4. The highest BCUT2D eigenvalue weighted by atomic mass is 15.0. The minimum absolute atomic E-state index is 0.833. The van der Waals surface area contributed by atoms with Crippen LogP contribution >= 0.6 is 0 Å². The van der Waals surface area contributed by atoms with Crippen LogP contribution in [0.5, 0.6) is 0 Å². The zero-order chi connectivity index (χ0) is 11.7. The first kappa shape index (κ1) is 12.0. The third kappa shape index (κ3) is 2.54. The van der Waals surface area contributed by atoms with E-state index in [9.17, 15) is 0 Å². The van der Waals surface area contributed by atoms with Crippen molar-refractivity contribution in [1.82, 2.24) is 5.32 Å². The molecule has 1 heteroatoms. The molecule has 4 atom stereocenters. The molecule has 3 saturated carbocycles. The summed E-state index contributed by atoms with van der Waals surface area (Å²) in [6.45, 7) is 2.39. The Morgan fingerprint density at radius 3 is 2.41 bits per heavy atom. The van der Waals surface area contributed by atoms with Crippen LogP contribution in [0.15, 0.2) is 0 Å². The van der Waals surface area contributed by atoms with Crippen molar-refractivity contribution in [2.45, 2.75) is 83.2 Å². The molecule has 0 aromatic heterocycles. The molecule has 98 valence electrons. The largest absolute Gasteiger partial charge is 0.311 e. The lowest BCUT2D eigenvalue weighted by molar-refractivity contribution is 0.220.